The highest BCUT2D eigenvalue weighted by Gasteiger charge is 2.18. The van der Waals surface area contributed by atoms with Gasteiger partial charge in [-0.3, -0.25) is 9.59 Å². The molecule has 0 aromatic heterocycles. The summed E-state index contributed by atoms with van der Waals surface area (Å²) in [5, 5.41) is 3.09. The number of nitrogens with zero attached hydrogens (tertiary/aromatic N) is 1. The van der Waals surface area contributed by atoms with Crippen molar-refractivity contribution in [3.8, 4) is 5.75 Å². The van der Waals surface area contributed by atoms with Crippen LogP contribution in [0.25, 0.3) is 0 Å². The molecule has 0 aliphatic rings. The van der Waals surface area contributed by atoms with Gasteiger partial charge in [0.1, 0.15) is 11.6 Å². The number of ether oxygens (including phenoxy) is 1. The first-order chi connectivity index (χ1) is 11.8. The molecule has 0 saturated carbocycles. The van der Waals surface area contributed by atoms with Crippen molar-refractivity contribution in [1.82, 2.24) is 4.90 Å². The van der Waals surface area contributed by atoms with Crippen molar-refractivity contribution in [1.29, 1.82) is 0 Å². The lowest BCUT2D eigenvalue weighted by atomic mass is 10.1. The Bertz CT molecular complexity index is 811. The zero-order valence-electron chi connectivity index (χ0n) is 14.1. The average molecular weight is 365 g/mol. The largest absolute Gasteiger partial charge is 0.495 e. The summed E-state index contributed by atoms with van der Waals surface area (Å²) in [6.45, 7) is 1.50. The van der Waals surface area contributed by atoms with Gasteiger partial charge < -0.3 is 15.0 Å². The second-order valence-corrected chi connectivity index (χ2v) is 5.95. The van der Waals surface area contributed by atoms with E-state index < -0.39 is 17.6 Å². The van der Waals surface area contributed by atoms with Crippen LogP contribution in [0.15, 0.2) is 36.4 Å². The Labute approximate surface area is 150 Å². The van der Waals surface area contributed by atoms with E-state index in [2.05, 4.69) is 5.32 Å². The molecule has 0 heterocycles. The number of hydrogen-bond acceptors (Lipinski definition) is 3. The number of methoxy groups -OCH3 is 1. The van der Waals surface area contributed by atoms with Gasteiger partial charge in [0.15, 0.2) is 0 Å². The van der Waals surface area contributed by atoms with E-state index in [9.17, 15) is 14.0 Å². The lowest BCUT2D eigenvalue weighted by molar-refractivity contribution is -0.116. The SMILES string of the molecule is COc1ccc(Cl)cc1NC(=O)CN(C)C(=O)c1cc(F)ccc1C. The molecule has 2 aromatic carbocycles. The summed E-state index contributed by atoms with van der Waals surface area (Å²) in [7, 11) is 2.95. The van der Waals surface area contributed by atoms with Crippen LogP contribution in [0.2, 0.25) is 5.02 Å². The van der Waals surface area contributed by atoms with Crippen molar-refractivity contribution < 1.29 is 18.7 Å². The molecule has 1 N–H and O–H groups in total. The van der Waals surface area contributed by atoms with Crippen molar-refractivity contribution in [2.24, 2.45) is 0 Å². The summed E-state index contributed by atoms with van der Waals surface area (Å²) in [6.07, 6.45) is 0. The van der Waals surface area contributed by atoms with E-state index >= 15 is 0 Å². The molecule has 25 heavy (non-hydrogen) atoms. The van der Waals surface area contributed by atoms with E-state index in [1.165, 1.54) is 31.2 Å². The number of halogens is 2. The van der Waals surface area contributed by atoms with Gasteiger partial charge in [0, 0.05) is 17.6 Å². The topological polar surface area (TPSA) is 58.6 Å². The number of benzene rings is 2. The van der Waals surface area contributed by atoms with Crippen LogP contribution in [0.1, 0.15) is 15.9 Å². The number of nitrogens with one attached hydrogen (secondary N) is 1. The van der Waals surface area contributed by atoms with Gasteiger partial charge >= 0.3 is 0 Å². The molecule has 0 spiro atoms. The summed E-state index contributed by atoms with van der Waals surface area (Å²) < 4.78 is 18.5. The first-order valence-electron chi connectivity index (χ1n) is 7.47. The van der Waals surface area contributed by atoms with Crippen LogP contribution in [0.3, 0.4) is 0 Å². The van der Waals surface area contributed by atoms with Gasteiger partial charge in [-0.15, -0.1) is 0 Å². The van der Waals surface area contributed by atoms with Gasteiger partial charge in [-0.05, 0) is 42.8 Å². The van der Waals surface area contributed by atoms with Crippen molar-refractivity contribution in [2.75, 3.05) is 26.0 Å². The first kappa shape index (κ1) is 18.7. The van der Waals surface area contributed by atoms with Gasteiger partial charge in [-0.2, -0.15) is 0 Å². The van der Waals surface area contributed by atoms with Crippen LogP contribution in [0, 0.1) is 12.7 Å². The van der Waals surface area contributed by atoms with Gasteiger partial charge in [-0.25, -0.2) is 4.39 Å². The summed E-state index contributed by atoms with van der Waals surface area (Å²) >= 11 is 5.92. The minimum absolute atomic E-state index is 0.204. The smallest absolute Gasteiger partial charge is 0.254 e. The molecule has 0 atom stereocenters. The van der Waals surface area contributed by atoms with Crippen LogP contribution in [-0.4, -0.2) is 37.4 Å². The molecule has 0 aliphatic carbocycles. The highest BCUT2D eigenvalue weighted by Crippen LogP contribution is 2.27. The number of carbonyl (C=O) groups is 2. The maximum Gasteiger partial charge on any atom is 0.254 e. The predicted molar refractivity (Wildman–Crippen MR) is 94.7 cm³/mol. The summed E-state index contributed by atoms with van der Waals surface area (Å²) in [5.74, 6) is -0.918. The normalized spacial score (nSPS) is 10.3. The van der Waals surface area contributed by atoms with Crippen molar-refractivity contribution in [3.63, 3.8) is 0 Å². The number of carbonyl (C=O) groups excluding carboxylic acids is 2. The molecule has 0 radical (unpaired) electrons. The minimum atomic E-state index is -0.504. The monoisotopic (exact) mass is 364 g/mol. The molecule has 0 bridgehead atoms. The van der Waals surface area contributed by atoms with Crippen molar-refractivity contribution in [2.45, 2.75) is 6.92 Å². The fraction of sp³-hybridized carbons (Fsp3) is 0.222. The zero-order chi connectivity index (χ0) is 18.6. The highest BCUT2D eigenvalue weighted by molar-refractivity contribution is 6.31. The summed E-state index contributed by atoms with van der Waals surface area (Å²) in [4.78, 5) is 25.8. The highest BCUT2D eigenvalue weighted by atomic mass is 35.5. The lowest BCUT2D eigenvalue weighted by Crippen LogP contribution is -2.35. The standard InChI is InChI=1S/C18H18ClFN2O3/c1-11-4-6-13(20)9-14(11)18(24)22(2)10-17(23)21-15-8-12(19)5-7-16(15)25-3/h4-9H,10H2,1-3H3,(H,21,23). The number of aryl methyl sites for hydroxylation is 1. The Balaban J connectivity index is 2.08. The molecule has 5 nitrogen and oxygen atoms in total. The van der Waals surface area contributed by atoms with Gasteiger partial charge in [0.25, 0.3) is 5.91 Å². The van der Waals surface area contributed by atoms with E-state index in [1.54, 1.807) is 25.1 Å². The maximum atomic E-state index is 13.4. The van der Waals surface area contributed by atoms with Crippen molar-refractivity contribution >= 4 is 29.1 Å². The van der Waals surface area contributed by atoms with Crippen LogP contribution in [0.5, 0.6) is 5.75 Å². The van der Waals surface area contributed by atoms with E-state index in [1.807, 2.05) is 0 Å². The average Bonchev–Trinajstić information content (AvgIpc) is 2.56. The summed E-state index contributed by atoms with van der Waals surface area (Å²) in [6, 6.07) is 8.78. The number of anilines is 1. The van der Waals surface area contributed by atoms with E-state index in [-0.39, 0.29) is 12.1 Å². The van der Waals surface area contributed by atoms with E-state index in [4.69, 9.17) is 16.3 Å². The molecule has 2 rings (SSSR count). The van der Waals surface area contributed by atoms with Crippen LogP contribution in [0.4, 0.5) is 10.1 Å². The number of likely N-dealkylation sites (N-methyl/N-ethyl adjacent to an activating group) is 1. The van der Waals surface area contributed by atoms with Crippen LogP contribution >= 0.6 is 11.6 Å². The van der Waals surface area contributed by atoms with Gasteiger partial charge in [-0.1, -0.05) is 17.7 Å². The Morgan fingerprint density at radius 3 is 2.64 bits per heavy atom. The third kappa shape index (κ3) is 4.70. The second-order valence-electron chi connectivity index (χ2n) is 5.51. The van der Waals surface area contributed by atoms with Crippen LogP contribution < -0.4 is 10.1 Å². The molecule has 0 saturated heterocycles. The molecular weight excluding hydrogens is 347 g/mol. The molecule has 0 unspecified atom stereocenters. The third-order valence-corrected chi connectivity index (χ3v) is 3.83. The lowest BCUT2D eigenvalue weighted by Gasteiger charge is -2.18. The van der Waals surface area contributed by atoms with E-state index in [0.717, 1.165) is 6.07 Å². The Morgan fingerprint density at radius 2 is 1.96 bits per heavy atom. The predicted octanol–water partition coefficient (Wildman–Crippen LogP) is 3.51. The molecule has 0 aliphatic heterocycles. The fourth-order valence-corrected chi connectivity index (χ4v) is 2.46. The summed E-state index contributed by atoms with van der Waals surface area (Å²) in [5.41, 5.74) is 1.26. The molecule has 132 valence electrons. The molecule has 2 amide bonds. The number of hydrogen-bond donors (Lipinski definition) is 1. The maximum absolute atomic E-state index is 13.4. The minimum Gasteiger partial charge on any atom is -0.495 e. The van der Waals surface area contributed by atoms with Gasteiger partial charge in [0.2, 0.25) is 5.91 Å². The second kappa shape index (κ2) is 7.98. The fourth-order valence-electron chi connectivity index (χ4n) is 2.29. The van der Waals surface area contributed by atoms with Crippen molar-refractivity contribution in [3.05, 3.63) is 58.4 Å². The number of amides is 2. The molecule has 0 fully saturated rings. The quantitative estimate of drug-likeness (QED) is 0.883. The first-order valence-corrected chi connectivity index (χ1v) is 7.84. The molecule has 7 heteroatoms. The third-order valence-electron chi connectivity index (χ3n) is 3.59. The van der Waals surface area contributed by atoms with Gasteiger partial charge in [0.05, 0.1) is 19.3 Å². The number of rotatable bonds is 5. The molecule has 2 aromatic rings. The Hall–Kier alpha value is -2.60. The van der Waals surface area contributed by atoms with E-state index in [0.29, 0.717) is 22.0 Å². The Morgan fingerprint density at radius 1 is 1.24 bits per heavy atom. The Kier molecular flexibility index (Phi) is 5.98. The zero-order valence-corrected chi connectivity index (χ0v) is 14.9. The molecular formula is C18H18ClFN2O3. The van der Waals surface area contributed by atoms with Crippen LogP contribution in [-0.2, 0) is 4.79 Å².